The number of methoxy groups -OCH3 is 1. The van der Waals surface area contributed by atoms with Crippen LogP contribution in [0.2, 0.25) is 0 Å². The van der Waals surface area contributed by atoms with Gasteiger partial charge in [-0.05, 0) is 55.3 Å². The fourth-order valence-electron chi connectivity index (χ4n) is 4.15. The maximum atomic E-state index is 13.2. The number of carbonyl (C=O) groups excluding carboxylic acids is 2. The summed E-state index contributed by atoms with van der Waals surface area (Å²) >= 11 is 0. The van der Waals surface area contributed by atoms with E-state index in [9.17, 15) is 14.7 Å². The average molecular weight is 462 g/mol. The third-order valence-electron chi connectivity index (χ3n) is 5.76. The standard InChI is InChI=1S/C26H27N3O5/c1-3-34-21-7-4-6-19(16-21)23-22(24(30)18-8-10-20(33-2)11-9-18)25(31)26(32)29(23)14-5-13-28-15-12-27-17-28/h4,6-12,15-17,23,30H,3,5,13-14H2,1-2H3. The van der Waals surface area contributed by atoms with E-state index in [1.807, 2.05) is 42.0 Å². The largest absolute Gasteiger partial charge is 0.507 e. The van der Waals surface area contributed by atoms with Crippen LogP contribution in [0.5, 0.6) is 11.5 Å². The van der Waals surface area contributed by atoms with E-state index in [0.29, 0.717) is 48.7 Å². The number of ether oxygens (including phenoxy) is 2. The van der Waals surface area contributed by atoms with Crippen LogP contribution in [0, 0.1) is 0 Å². The number of imidazole rings is 1. The lowest BCUT2D eigenvalue weighted by Crippen LogP contribution is -2.31. The van der Waals surface area contributed by atoms with Gasteiger partial charge in [-0.1, -0.05) is 12.1 Å². The van der Waals surface area contributed by atoms with Gasteiger partial charge in [0, 0.05) is 31.0 Å². The van der Waals surface area contributed by atoms with Crippen LogP contribution in [-0.4, -0.2) is 51.5 Å². The van der Waals surface area contributed by atoms with Gasteiger partial charge in [0.15, 0.2) is 0 Å². The first-order valence-corrected chi connectivity index (χ1v) is 11.1. The lowest BCUT2D eigenvalue weighted by Gasteiger charge is -2.25. The summed E-state index contributed by atoms with van der Waals surface area (Å²) in [6.45, 7) is 3.36. The molecule has 0 aliphatic carbocycles. The van der Waals surface area contributed by atoms with Crippen LogP contribution in [0.4, 0.5) is 0 Å². The van der Waals surface area contributed by atoms with E-state index in [1.54, 1.807) is 43.9 Å². The highest BCUT2D eigenvalue weighted by Gasteiger charge is 2.45. The number of likely N-dealkylation sites (tertiary alicyclic amines) is 1. The number of aromatic nitrogens is 2. The van der Waals surface area contributed by atoms with Gasteiger partial charge in [-0.15, -0.1) is 0 Å². The number of hydrogen-bond donors (Lipinski definition) is 1. The van der Waals surface area contributed by atoms with Gasteiger partial charge < -0.3 is 24.0 Å². The third kappa shape index (κ3) is 4.66. The fourth-order valence-corrected chi connectivity index (χ4v) is 4.15. The number of aliphatic hydroxyl groups excluding tert-OH is 1. The number of aliphatic hydroxyl groups is 1. The zero-order valence-electron chi connectivity index (χ0n) is 19.2. The Balaban J connectivity index is 1.74. The first-order chi connectivity index (χ1) is 16.5. The summed E-state index contributed by atoms with van der Waals surface area (Å²) in [4.78, 5) is 31.8. The van der Waals surface area contributed by atoms with Crippen molar-refractivity contribution in [3.63, 3.8) is 0 Å². The van der Waals surface area contributed by atoms with E-state index in [0.717, 1.165) is 0 Å². The van der Waals surface area contributed by atoms with Gasteiger partial charge in [0.1, 0.15) is 17.3 Å². The van der Waals surface area contributed by atoms with Crippen LogP contribution in [-0.2, 0) is 16.1 Å². The predicted octanol–water partition coefficient (Wildman–Crippen LogP) is 3.80. The second-order valence-electron chi connectivity index (χ2n) is 7.88. The third-order valence-corrected chi connectivity index (χ3v) is 5.76. The molecule has 1 aliphatic rings. The summed E-state index contributed by atoms with van der Waals surface area (Å²) in [5, 5.41) is 11.2. The Morgan fingerprint density at radius 3 is 2.56 bits per heavy atom. The van der Waals surface area contributed by atoms with Gasteiger partial charge >= 0.3 is 0 Å². The minimum atomic E-state index is -0.731. The molecule has 1 aromatic heterocycles. The molecule has 3 aromatic rings. The summed E-state index contributed by atoms with van der Waals surface area (Å²) in [6, 6.07) is 13.3. The molecule has 2 aromatic carbocycles. The summed E-state index contributed by atoms with van der Waals surface area (Å²) in [7, 11) is 1.55. The van der Waals surface area contributed by atoms with Gasteiger partial charge in [-0.3, -0.25) is 9.59 Å². The number of nitrogens with zero attached hydrogens (tertiary/aromatic N) is 3. The molecule has 0 radical (unpaired) electrons. The van der Waals surface area contributed by atoms with Crippen LogP contribution in [0.1, 0.15) is 30.5 Å². The SMILES string of the molecule is CCOc1cccc(C2C(=C(O)c3ccc(OC)cc3)C(=O)C(=O)N2CCCn2ccnc2)c1. The summed E-state index contributed by atoms with van der Waals surface area (Å²) in [5.74, 6) is -0.300. The molecular formula is C26H27N3O5. The zero-order chi connectivity index (χ0) is 24.1. The Kier molecular flexibility index (Phi) is 6.96. The van der Waals surface area contributed by atoms with E-state index in [4.69, 9.17) is 9.47 Å². The quantitative estimate of drug-likeness (QED) is 0.296. The van der Waals surface area contributed by atoms with Crippen LogP contribution in [0.3, 0.4) is 0 Å². The Hall–Kier alpha value is -4.07. The number of amides is 1. The van der Waals surface area contributed by atoms with Crippen molar-refractivity contribution in [2.45, 2.75) is 25.9 Å². The highest BCUT2D eigenvalue weighted by molar-refractivity contribution is 6.46. The lowest BCUT2D eigenvalue weighted by atomic mass is 9.95. The van der Waals surface area contributed by atoms with Crippen molar-refractivity contribution >= 4 is 17.4 Å². The molecule has 8 nitrogen and oxygen atoms in total. The second-order valence-corrected chi connectivity index (χ2v) is 7.88. The molecule has 1 fully saturated rings. The lowest BCUT2D eigenvalue weighted by molar-refractivity contribution is -0.139. The number of ketones is 1. The smallest absolute Gasteiger partial charge is 0.295 e. The van der Waals surface area contributed by atoms with Crippen molar-refractivity contribution in [3.8, 4) is 11.5 Å². The topological polar surface area (TPSA) is 93.9 Å². The van der Waals surface area contributed by atoms with Crippen molar-refractivity contribution < 1.29 is 24.2 Å². The molecule has 0 spiro atoms. The molecule has 1 atom stereocenters. The van der Waals surface area contributed by atoms with E-state index >= 15 is 0 Å². The molecule has 1 N–H and O–H groups in total. The minimum absolute atomic E-state index is 0.0615. The number of Topliss-reactive ketones (excluding diaryl/α,β-unsaturated/α-hetero) is 1. The molecule has 0 bridgehead atoms. The molecule has 1 unspecified atom stereocenters. The van der Waals surface area contributed by atoms with Crippen LogP contribution >= 0.6 is 0 Å². The Labute approximate surface area is 198 Å². The summed E-state index contributed by atoms with van der Waals surface area (Å²) in [6.07, 6.45) is 5.87. The van der Waals surface area contributed by atoms with Gasteiger partial charge in [-0.25, -0.2) is 4.98 Å². The highest BCUT2D eigenvalue weighted by atomic mass is 16.5. The number of hydrogen-bond acceptors (Lipinski definition) is 6. The Morgan fingerprint density at radius 1 is 1.09 bits per heavy atom. The first-order valence-electron chi connectivity index (χ1n) is 11.1. The molecule has 1 saturated heterocycles. The highest BCUT2D eigenvalue weighted by Crippen LogP contribution is 2.40. The zero-order valence-corrected chi connectivity index (χ0v) is 19.2. The number of rotatable bonds is 9. The van der Waals surface area contributed by atoms with Crippen molar-refractivity contribution in [2.24, 2.45) is 0 Å². The normalized spacial score (nSPS) is 17.2. The number of benzene rings is 2. The maximum Gasteiger partial charge on any atom is 0.295 e. The van der Waals surface area contributed by atoms with E-state index in [2.05, 4.69) is 4.98 Å². The molecular weight excluding hydrogens is 434 g/mol. The Bertz CT molecular complexity index is 1190. The van der Waals surface area contributed by atoms with E-state index in [-0.39, 0.29) is 11.3 Å². The second kappa shape index (κ2) is 10.2. The monoisotopic (exact) mass is 461 g/mol. The molecule has 2 heterocycles. The van der Waals surface area contributed by atoms with Crippen molar-refractivity contribution in [2.75, 3.05) is 20.3 Å². The molecule has 8 heteroatoms. The average Bonchev–Trinajstić information content (AvgIpc) is 3.46. The van der Waals surface area contributed by atoms with Gasteiger partial charge in [0.25, 0.3) is 11.7 Å². The Morgan fingerprint density at radius 2 is 1.88 bits per heavy atom. The van der Waals surface area contributed by atoms with E-state index in [1.165, 1.54) is 4.90 Å². The maximum absolute atomic E-state index is 13.2. The van der Waals surface area contributed by atoms with Gasteiger partial charge in [0.2, 0.25) is 0 Å². The molecule has 0 saturated carbocycles. The van der Waals surface area contributed by atoms with Crippen molar-refractivity contribution in [1.82, 2.24) is 14.5 Å². The van der Waals surface area contributed by atoms with Crippen LogP contribution in [0.25, 0.3) is 5.76 Å². The minimum Gasteiger partial charge on any atom is -0.507 e. The number of aryl methyl sites for hydroxylation is 1. The van der Waals surface area contributed by atoms with Gasteiger partial charge in [0.05, 0.1) is 31.7 Å². The van der Waals surface area contributed by atoms with Crippen LogP contribution < -0.4 is 9.47 Å². The van der Waals surface area contributed by atoms with Crippen LogP contribution in [0.15, 0.2) is 72.8 Å². The van der Waals surface area contributed by atoms with Gasteiger partial charge in [-0.2, -0.15) is 0 Å². The molecule has 1 amide bonds. The molecule has 4 rings (SSSR count). The fraction of sp³-hybridized carbons (Fsp3) is 0.269. The molecule has 1 aliphatic heterocycles. The van der Waals surface area contributed by atoms with Crippen molar-refractivity contribution in [3.05, 3.63) is 84.0 Å². The molecule has 34 heavy (non-hydrogen) atoms. The van der Waals surface area contributed by atoms with Crippen molar-refractivity contribution in [1.29, 1.82) is 0 Å². The first kappa shape index (κ1) is 23.1. The summed E-state index contributed by atoms with van der Waals surface area (Å²) < 4.78 is 12.7. The summed E-state index contributed by atoms with van der Waals surface area (Å²) in [5.41, 5.74) is 1.19. The predicted molar refractivity (Wildman–Crippen MR) is 126 cm³/mol. The number of carbonyl (C=O) groups is 2. The van der Waals surface area contributed by atoms with E-state index < -0.39 is 17.7 Å². The molecule has 176 valence electrons.